The van der Waals surface area contributed by atoms with Crippen molar-refractivity contribution in [2.75, 3.05) is 19.8 Å². The van der Waals surface area contributed by atoms with Gasteiger partial charge in [0.1, 0.15) is 0 Å². The molecule has 0 atom stereocenters. The van der Waals surface area contributed by atoms with Crippen LogP contribution < -0.4 is 5.32 Å². The van der Waals surface area contributed by atoms with Gasteiger partial charge in [-0.05, 0) is 38.1 Å². The molecule has 1 aromatic carbocycles. The number of hydrogen-bond donors (Lipinski definition) is 1. The van der Waals surface area contributed by atoms with Gasteiger partial charge in [-0.15, -0.1) is 0 Å². The van der Waals surface area contributed by atoms with Crippen LogP contribution in [0.3, 0.4) is 0 Å². The summed E-state index contributed by atoms with van der Waals surface area (Å²) in [6, 6.07) is 12.3. The summed E-state index contributed by atoms with van der Waals surface area (Å²) >= 11 is 5.42. The average molecular weight is 285 g/mol. The van der Waals surface area contributed by atoms with Gasteiger partial charge in [-0.25, -0.2) is 0 Å². The molecule has 3 rings (SSSR count). The molecule has 1 saturated heterocycles. The van der Waals surface area contributed by atoms with Crippen LogP contribution in [-0.4, -0.2) is 34.6 Å². The largest absolute Gasteiger partial charge is 0.367 e. The fourth-order valence-corrected chi connectivity index (χ4v) is 2.79. The van der Waals surface area contributed by atoms with Crippen molar-refractivity contribution in [3.63, 3.8) is 0 Å². The van der Waals surface area contributed by atoms with Gasteiger partial charge < -0.3 is 5.32 Å². The highest BCUT2D eigenvalue weighted by Crippen LogP contribution is 2.12. The van der Waals surface area contributed by atoms with Gasteiger partial charge in [0.15, 0.2) is 0 Å². The molecule has 0 radical (unpaired) electrons. The van der Waals surface area contributed by atoms with Gasteiger partial charge in [-0.3, -0.25) is 9.88 Å². The minimum atomic E-state index is 0.716. The number of para-hydroxylation sites is 1. The van der Waals surface area contributed by atoms with Gasteiger partial charge >= 0.3 is 0 Å². The lowest BCUT2D eigenvalue weighted by Crippen LogP contribution is -2.35. The molecule has 0 amide bonds. The summed E-state index contributed by atoms with van der Waals surface area (Å²) in [5.74, 6) is 0. The molecule has 0 bridgehead atoms. The maximum atomic E-state index is 5.42. The molecule has 20 heavy (non-hydrogen) atoms. The first kappa shape index (κ1) is 13.5. The molecule has 1 aliphatic heterocycles. The van der Waals surface area contributed by atoms with Gasteiger partial charge in [0.25, 0.3) is 0 Å². The van der Waals surface area contributed by atoms with E-state index in [1.807, 2.05) is 18.2 Å². The van der Waals surface area contributed by atoms with E-state index in [1.54, 1.807) is 0 Å². The van der Waals surface area contributed by atoms with E-state index in [1.165, 1.54) is 31.3 Å². The maximum absolute atomic E-state index is 5.42. The first-order valence-corrected chi connectivity index (χ1v) is 7.56. The molecule has 1 fully saturated rings. The van der Waals surface area contributed by atoms with Crippen LogP contribution in [0.4, 0.5) is 0 Å². The molecule has 2 aromatic rings. The predicted molar refractivity (Wildman–Crippen MR) is 86.9 cm³/mol. The highest BCUT2D eigenvalue weighted by Gasteiger charge is 2.11. The zero-order chi connectivity index (χ0) is 13.8. The standard InChI is InChI=1S/C16H19N3S/c20-16(17-12-19-9-3-4-10-19)11-14-8-7-13-5-1-2-6-15(13)18-14/h1-2,5-8H,3-4,9-12H2,(H,17,20). The summed E-state index contributed by atoms with van der Waals surface area (Å²) in [5, 5.41) is 4.51. The minimum absolute atomic E-state index is 0.716. The number of nitrogens with zero attached hydrogens (tertiary/aromatic N) is 2. The van der Waals surface area contributed by atoms with Gasteiger partial charge in [0.2, 0.25) is 0 Å². The van der Waals surface area contributed by atoms with Crippen LogP contribution in [0.1, 0.15) is 18.5 Å². The van der Waals surface area contributed by atoms with Crippen molar-refractivity contribution < 1.29 is 0 Å². The molecule has 104 valence electrons. The topological polar surface area (TPSA) is 28.2 Å². The summed E-state index contributed by atoms with van der Waals surface area (Å²) < 4.78 is 0. The molecule has 2 heterocycles. The van der Waals surface area contributed by atoms with Crippen molar-refractivity contribution >= 4 is 28.1 Å². The first-order chi connectivity index (χ1) is 9.81. The number of nitrogens with one attached hydrogen (secondary N) is 1. The fraction of sp³-hybridized carbons (Fsp3) is 0.375. The number of pyridine rings is 1. The van der Waals surface area contributed by atoms with Crippen molar-refractivity contribution in [1.82, 2.24) is 15.2 Å². The zero-order valence-corrected chi connectivity index (χ0v) is 12.3. The van der Waals surface area contributed by atoms with Crippen LogP contribution in [0.2, 0.25) is 0 Å². The first-order valence-electron chi connectivity index (χ1n) is 7.15. The van der Waals surface area contributed by atoms with Gasteiger partial charge in [-0.1, -0.05) is 36.5 Å². The second kappa shape index (κ2) is 6.29. The Bertz CT molecular complexity index is 605. The van der Waals surface area contributed by atoms with E-state index in [4.69, 9.17) is 12.2 Å². The Hall–Kier alpha value is -1.52. The number of fused-ring (bicyclic) bond motifs is 1. The van der Waals surface area contributed by atoms with Crippen molar-refractivity contribution in [3.8, 4) is 0 Å². The highest BCUT2D eigenvalue weighted by atomic mass is 32.1. The third-order valence-electron chi connectivity index (χ3n) is 3.70. The summed E-state index contributed by atoms with van der Waals surface area (Å²) in [4.78, 5) is 7.93. The summed E-state index contributed by atoms with van der Waals surface area (Å²) in [5.41, 5.74) is 2.06. The van der Waals surface area contributed by atoms with Crippen LogP contribution in [0.15, 0.2) is 36.4 Å². The van der Waals surface area contributed by atoms with E-state index >= 15 is 0 Å². The SMILES string of the molecule is S=C(Cc1ccc2ccccc2n1)NCN1CCCC1. The third-order valence-corrected chi connectivity index (χ3v) is 3.98. The third kappa shape index (κ3) is 3.32. The van der Waals surface area contributed by atoms with Gasteiger partial charge in [-0.2, -0.15) is 0 Å². The molecule has 0 unspecified atom stereocenters. The lowest BCUT2D eigenvalue weighted by atomic mass is 10.2. The molecular weight excluding hydrogens is 266 g/mol. The quantitative estimate of drug-likeness (QED) is 0.874. The summed E-state index contributed by atoms with van der Waals surface area (Å²) in [6.45, 7) is 3.24. The average Bonchev–Trinajstić information content (AvgIpc) is 2.98. The molecule has 0 saturated carbocycles. The van der Waals surface area contributed by atoms with Crippen LogP contribution in [0, 0.1) is 0 Å². The Morgan fingerprint density at radius 1 is 1.15 bits per heavy atom. The monoisotopic (exact) mass is 285 g/mol. The van der Waals surface area contributed by atoms with Crippen LogP contribution in [-0.2, 0) is 6.42 Å². The summed E-state index contributed by atoms with van der Waals surface area (Å²) in [7, 11) is 0. The van der Waals surface area contributed by atoms with E-state index in [9.17, 15) is 0 Å². The van der Waals surface area contributed by atoms with E-state index in [0.29, 0.717) is 6.42 Å². The minimum Gasteiger partial charge on any atom is -0.367 e. The Morgan fingerprint density at radius 3 is 2.80 bits per heavy atom. The van der Waals surface area contributed by atoms with E-state index in [-0.39, 0.29) is 0 Å². The predicted octanol–water partition coefficient (Wildman–Crippen LogP) is 2.75. The van der Waals surface area contributed by atoms with Crippen LogP contribution in [0.25, 0.3) is 10.9 Å². The number of hydrogen-bond acceptors (Lipinski definition) is 3. The maximum Gasteiger partial charge on any atom is 0.0823 e. The number of thiocarbonyl (C=S) groups is 1. The van der Waals surface area contributed by atoms with Crippen LogP contribution >= 0.6 is 12.2 Å². The van der Waals surface area contributed by atoms with Crippen molar-refractivity contribution in [3.05, 3.63) is 42.1 Å². The number of aromatic nitrogens is 1. The van der Waals surface area contributed by atoms with E-state index in [2.05, 4.69) is 33.4 Å². The molecule has 4 heteroatoms. The van der Waals surface area contributed by atoms with Crippen molar-refractivity contribution in [1.29, 1.82) is 0 Å². The lowest BCUT2D eigenvalue weighted by molar-refractivity contribution is 0.333. The smallest absolute Gasteiger partial charge is 0.0823 e. The molecule has 0 aliphatic carbocycles. The second-order valence-corrected chi connectivity index (χ2v) is 5.75. The van der Waals surface area contributed by atoms with Crippen molar-refractivity contribution in [2.24, 2.45) is 0 Å². The Kier molecular flexibility index (Phi) is 4.23. The fourth-order valence-electron chi connectivity index (χ4n) is 2.57. The zero-order valence-electron chi connectivity index (χ0n) is 11.5. The Morgan fingerprint density at radius 2 is 1.95 bits per heavy atom. The number of benzene rings is 1. The molecule has 3 nitrogen and oxygen atoms in total. The molecule has 1 aliphatic rings. The van der Waals surface area contributed by atoms with Crippen molar-refractivity contribution in [2.45, 2.75) is 19.3 Å². The van der Waals surface area contributed by atoms with Gasteiger partial charge in [0.05, 0.1) is 17.2 Å². The van der Waals surface area contributed by atoms with E-state index < -0.39 is 0 Å². The molecular formula is C16H19N3S. The Labute approximate surface area is 125 Å². The Balaban J connectivity index is 1.59. The van der Waals surface area contributed by atoms with Gasteiger partial charge in [0, 0.05) is 17.5 Å². The molecule has 1 N–H and O–H groups in total. The molecule has 0 spiro atoms. The molecule has 1 aromatic heterocycles. The highest BCUT2D eigenvalue weighted by molar-refractivity contribution is 7.80. The van der Waals surface area contributed by atoms with Crippen LogP contribution in [0.5, 0.6) is 0 Å². The lowest BCUT2D eigenvalue weighted by Gasteiger charge is -2.16. The number of rotatable bonds is 4. The normalized spacial score (nSPS) is 15.6. The van der Waals surface area contributed by atoms with E-state index in [0.717, 1.165) is 22.9 Å². The second-order valence-electron chi connectivity index (χ2n) is 5.26. The summed E-state index contributed by atoms with van der Waals surface area (Å²) in [6.07, 6.45) is 3.33. The number of likely N-dealkylation sites (tertiary alicyclic amines) is 1.